The van der Waals surface area contributed by atoms with Gasteiger partial charge in [-0.25, -0.2) is 0 Å². The maximum atomic E-state index is 5.75. The summed E-state index contributed by atoms with van der Waals surface area (Å²) in [6, 6.07) is 0. The molecule has 3 heteroatoms. The standard InChI is InChI=1S/C7H7Cl2O/c1-10-7-3-2-5(8)4-6(7)9/h2,4H,3H2,1H3. The van der Waals surface area contributed by atoms with E-state index in [4.69, 9.17) is 27.9 Å². The average Bonchev–Trinajstić information content (AvgIpc) is 1.88. The lowest BCUT2D eigenvalue weighted by atomic mass is 10.1. The van der Waals surface area contributed by atoms with E-state index in [0.717, 1.165) is 5.76 Å². The van der Waals surface area contributed by atoms with Crippen molar-refractivity contribution in [3.63, 3.8) is 0 Å². The highest BCUT2D eigenvalue weighted by atomic mass is 35.5. The van der Waals surface area contributed by atoms with Gasteiger partial charge in [-0.2, -0.15) is 0 Å². The van der Waals surface area contributed by atoms with Crippen LogP contribution < -0.4 is 0 Å². The van der Waals surface area contributed by atoms with Crippen LogP contribution in [0.25, 0.3) is 0 Å². The van der Waals surface area contributed by atoms with E-state index in [1.54, 1.807) is 13.2 Å². The van der Waals surface area contributed by atoms with Crippen molar-refractivity contribution < 1.29 is 4.74 Å². The average molecular weight is 178 g/mol. The Balaban J connectivity index is 2.80. The summed E-state index contributed by atoms with van der Waals surface area (Å²) in [7, 11) is 1.60. The molecule has 0 amide bonds. The van der Waals surface area contributed by atoms with Crippen LogP contribution in [-0.4, -0.2) is 7.11 Å². The summed E-state index contributed by atoms with van der Waals surface area (Å²) in [4.78, 5) is 0. The third kappa shape index (κ3) is 1.68. The first-order chi connectivity index (χ1) is 4.74. The topological polar surface area (TPSA) is 9.23 Å². The monoisotopic (exact) mass is 177 g/mol. The molecule has 1 nitrogen and oxygen atoms in total. The van der Waals surface area contributed by atoms with Gasteiger partial charge in [0.15, 0.2) is 0 Å². The van der Waals surface area contributed by atoms with Crippen LogP contribution in [0.5, 0.6) is 0 Å². The molecule has 0 heterocycles. The summed E-state index contributed by atoms with van der Waals surface area (Å²) in [5.74, 6) is 0.770. The van der Waals surface area contributed by atoms with Crippen molar-refractivity contribution in [3.05, 3.63) is 28.3 Å². The molecule has 1 radical (unpaired) electrons. The summed E-state index contributed by atoms with van der Waals surface area (Å²) in [6.07, 6.45) is 4.21. The Bertz CT molecular complexity index is 194. The fraction of sp³-hybridized carbons (Fsp3) is 0.286. The first-order valence-electron chi connectivity index (χ1n) is 2.87. The van der Waals surface area contributed by atoms with E-state index >= 15 is 0 Å². The number of rotatable bonds is 1. The Labute approximate surface area is 70.3 Å². The molecular weight excluding hydrogens is 171 g/mol. The van der Waals surface area contributed by atoms with Gasteiger partial charge in [0.05, 0.1) is 12.1 Å². The number of methoxy groups -OCH3 is 1. The van der Waals surface area contributed by atoms with Crippen molar-refractivity contribution in [2.45, 2.75) is 6.42 Å². The van der Waals surface area contributed by atoms with Crippen LogP contribution in [0, 0.1) is 6.42 Å². The zero-order valence-corrected chi connectivity index (χ0v) is 7.04. The molecule has 0 bridgehead atoms. The first-order valence-corrected chi connectivity index (χ1v) is 3.62. The van der Waals surface area contributed by atoms with Gasteiger partial charge in [-0.15, -0.1) is 0 Å². The predicted octanol–water partition coefficient (Wildman–Crippen LogP) is 2.81. The molecule has 0 N–H and O–H groups in total. The molecule has 0 fully saturated rings. The molecule has 0 saturated carbocycles. The third-order valence-corrected chi connectivity index (χ3v) is 1.84. The van der Waals surface area contributed by atoms with Crippen molar-refractivity contribution in [3.8, 4) is 0 Å². The Morgan fingerprint density at radius 1 is 1.50 bits per heavy atom. The van der Waals surface area contributed by atoms with Gasteiger partial charge in [0.1, 0.15) is 5.76 Å². The molecule has 10 heavy (non-hydrogen) atoms. The second-order valence-corrected chi connectivity index (χ2v) is 2.76. The van der Waals surface area contributed by atoms with Gasteiger partial charge >= 0.3 is 0 Å². The van der Waals surface area contributed by atoms with E-state index in [1.807, 2.05) is 6.42 Å². The van der Waals surface area contributed by atoms with Crippen LogP contribution in [-0.2, 0) is 4.74 Å². The minimum absolute atomic E-state index is 0.593. The number of hydrogen-bond donors (Lipinski definition) is 0. The molecule has 0 saturated heterocycles. The molecular formula is C7H7Cl2O. The van der Waals surface area contributed by atoms with Gasteiger partial charge in [0.25, 0.3) is 0 Å². The minimum Gasteiger partial charge on any atom is -0.500 e. The Morgan fingerprint density at radius 3 is 2.70 bits per heavy atom. The van der Waals surface area contributed by atoms with E-state index < -0.39 is 0 Å². The normalized spacial score (nSPS) is 18.9. The van der Waals surface area contributed by atoms with E-state index in [9.17, 15) is 0 Å². The van der Waals surface area contributed by atoms with Crippen molar-refractivity contribution in [2.75, 3.05) is 7.11 Å². The van der Waals surface area contributed by atoms with Crippen LogP contribution in [0.15, 0.2) is 21.9 Å². The van der Waals surface area contributed by atoms with Gasteiger partial charge in [-0.05, 0) is 6.08 Å². The second kappa shape index (κ2) is 3.31. The highest BCUT2D eigenvalue weighted by Gasteiger charge is 2.10. The summed E-state index contributed by atoms with van der Waals surface area (Å²) in [5, 5.41) is 1.26. The van der Waals surface area contributed by atoms with Gasteiger partial charge in [0.2, 0.25) is 0 Å². The minimum atomic E-state index is 0.593. The number of halogens is 2. The van der Waals surface area contributed by atoms with Gasteiger partial charge in [0, 0.05) is 17.9 Å². The quantitative estimate of drug-likeness (QED) is 0.599. The largest absolute Gasteiger partial charge is 0.500 e. The van der Waals surface area contributed by atoms with Crippen molar-refractivity contribution in [1.29, 1.82) is 0 Å². The van der Waals surface area contributed by atoms with Crippen molar-refractivity contribution >= 4 is 23.2 Å². The Hall–Kier alpha value is -0.140. The fourth-order valence-corrected chi connectivity index (χ4v) is 1.24. The first kappa shape index (κ1) is 7.96. The molecule has 0 aromatic heterocycles. The van der Waals surface area contributed by atoms with E-state index in [1.165, 1.54) is 0 Å². The molecule has 55 valence electrons. The van der Waals surface area contributed by atoms with Crippen LogP contribution in [0.2, 0.25) is 0 Å². The number of allylic oxidation sites excluding steroid dienone is 4. The van der Waals surface area contributed by atoms with Crippen LogP contribution in [0.1, 0.15) is 6.42 Å². The summed E-state index contributed by atoms with van der Waals surface area (Å²) >= 11 is 11.4. The Kier molecular flexibility index (Phi) is 2.64. The highest BCUT2D eigenvalue weighted by Crippen LogP contribution is 2.27. The molecule has 0 aliphatic heterocycles. The lowest BCUT2D eigenvalue weighted by molar-refractivity contribution is 0.281. The summed E-state index contributed by atoms with van der Waals surface area (Å²) in [6.45, 7) is 0. The van der Waals surface area contributed by atoms with Crippen molar-refractivity contribution in [2.24, 2.45) is 0 Å². The predicted molar refractivity (Wildman–Crippen MR) is 42.7 cm³/mol. The SMILES string of the molecule is COC1=C(Cl)C=C(Cl)[CH]C1. The molecule has 0 aromatic rings. The zero-order valence-electron chi connectivity index (χ0n) is 5.53. The molecule has 1 aliphatic carbocycles. The molecule has 0 unspecified atom stereocenters. The molecule has 1 rings (SSSR count). The van der Waals surface area contributed by atoms with Gasteiger partial charge in [-0.3, -0.25) is 0 Å². The summed E-state index contributed by atoms with van der Waals surface area (Å²) in [5.41, 5.74) is 0. The van der Waals surface area contributed by atoms with E-state index in [-0.39, 0.29) is 0 Å². The lowest BCUT2D eigenvalue weighted by Crippen LogP contribution is -1.95. The maximum Gasteiger partial charge on any atom is 0.115 e. The highest BCUT2D eigenvalue weighted by molar-refractivity contribution is 6.35. The molecule has 1 aliphatic rings. The van der Waals surface area contributed by atoms with Crippen LogP contribution in [0.3, 0.4) is 0 Å². The molecule has 0 spiro atoms. The van der Waals surface area contributed by atoms with Crippen LogP contribution >= 0.6 is 23.2 Å². The second-order valence-electron chi connectivity index (χ2n) is 1.91. The lowest BCUT2D eigenvalue weighted by Gasteiger charge is -2.11. The third-order valence-electron chi connectivity index (χ3n) is 1.26. The molecule has 0 atom stereocenters. The zero-order chi connectivity index (χ0) is 7.56. The molecule has 0 aromatic carbocycles. The maximum absolute atomic E-state index is 5.75. The van der Waals surface area contributed by atoms with Gasteiger partial charge in [-0.1, -0.05) is 23.2 Å². The van der Waals surface area contributed by atoms with Crippen LogP contribution in [0.4, 0.5) is 0 Å². The van der Waals surface area contributed by atoms with Gasteiger partial charge < -0.3 is 4.74 Å². The van der Waals surface area contributed by atoms with E-state index in [0.29, 0.717) is 16.5 Å². The smallest absolute Gasteiger partial charge is 0.115 e. The van der Waals surface area contributed by atoms with Crippen molar-refractivity contribution in [1.82, 2.24) is 0 Å². The number of ether oxygens (including phenoxy) is 1. The summed E-state index contributed by atoms with van der Waals surface area (Å²) < 4.78 is 4.96. The Morgan fingerprint density at radius 2 is 2.20 bits per heavy atom. The number of hydrogen-bond acceptors (Lipinski definition) is 1. The van der Waals surface area contributed by atoms with E-state index in [2.05, 4.69) is 0 Å². The fourth-order valence-electron chi connectivity index (χ4n) is 0.729.